The van der Waals surface area contributed by atoms with Crippen LogP contribution in [-0.4, -0.2) is 42.2 Å². The fourth-order valence-corrected chi connectivity index (χ4v) is 2.37. The lowest BCUT2D eigenvalue weighted by molar-refractivity contribution is 0.102. The number of anilines is 2. The highest BCUT2D eigenvalue weighted by molar-refractivity contribution is 6.04. The molecule has 2 aromatic rings. The summed E-state index contributed by atoms with van der Waals surface area (Å²) in [7, 11) is 0. The van der Waals surface area contributed by atoms with E-state index >= 15 is 0 Å². The van der Waals surface area contributed by atoms with E-state index in [1.807, 2.05) is 12.1 Å². The number of ether oxygens (including phenoxy) is 1. The average Bonchev–Trinajstić information content (AvgIpc) is 2.63. The Bertz CT molecular complexity index is 668. The summed E-state index contributed by atoms with van der Waals surface area (Å²) in [5, 5.41) is 2.83. The van der Waals surface area contributed by atoms with Crippen molar-refractivity contribution in [1.82, 2.24) is 9.97 Å². The van der Waals surface area contributed by atoms with Crippen LogP contribution in [0.1, 0.15) is 16.1 Å². The second-order valence-corrected chi connectivity index (χ2v) is 5.20. The van der Waals surface area contributed by atoms with Gasteiger partial charge in [-0.25, -0.2) is 4.98 Å². The van der Waals surface area contributed by atoms with Crippen LogP contribution in [0.15, 0.2) is 36.7 Å². The van der Waals surface area contributed by atoms with Crippen LogP contribution >= 0.6 is 0 Å². The first-order valence-electron chi connectivity index (χ1n) is 7.51. The maximum absolute atomic E-state index is 12.2. The molecule has 1 saturated heterocycles. The van der Waals surface area contributed by atoms with Crippen molar-refractivity contribution >= 4 is 17.4 Å². The molecule has 0 atom stereocenters. The number of rotatable bonds is 4. The number of nitrogens with two attached hydrogens (primary N) is 1. The highest BCUT2D eigenvalue weighted by atomic mass is 16.5. The van der Waals surface area contributed by atoms with Gasteiger partial charge in [-0.15, -0.1) is 0 Å². The molecule has 2 aromatic heterocycles. The smallest absolute Gasteiger partial charge is 0.255 e. The highest BCUT2D eigenvalue weighted by Crippen LogP contribution is 2.16. The first-order chi connectivity index (χ1) is 11.3. The third-order valence-electron chi connectivity index (χ3n) is 3.63. The van der Waals surface area contributed by atoms with Gasteiger partial charge in [0.25, 0.3) is 5.91 Å². The Morgan fingerprint density at radius 2 is 2.09 bits per heavy atom. The second-order valence-electron chi connectivity index (χ2n) is 5.20. The molecule has 3 heterocycles. The van der Waals surface area contributed by atoms with Crippen LogP contribution in [0.4, 0.5) is 11.5 Å². The molecule has 0 aliphatic carbocycles. The van der Waals surface area contributed by atoms with Crippen molar-refractivity contribution in [3.8, 4) is 0 Å². The Kier molecular flexibility index (Phi) is 4.80. The predicted octanol–water partition coefficient (Wildman–Crippen LogP) is 1.02. The molecule has 23 heavy (non-hydrogen) atoms. The van der Waals surface area contributed by atoms with Gasteiger partial charge >= 0.3 is 0 Å². The zero-order valence-corrected chi connectivity index (χ0v) is 12.7. The lowest BCUT2D eigenvalue weighted by Gasteiger charge is -2.27. The Labute approximate surface area is 134 Å². The summed E-state index contributed by atoms with van der Waals surface area (Å²) in [4.78, 5) is 22.9. The molecular weight excluding hydrogens is 294 g/mol. The molecule has 3 rings (SSSR count). The van der Waals surface area contributed by atoms with E-state index in [4.69, 9.17) is 10.5 Å². The molecule has 1 aliphatic heterocycles. The van der Waals surface area contributed by atoms with E-state index in [0.29, 0.717) is 36.7 Å². The van der Waals surface area contributed by atoms with E-state index in [0.717, 1.165) is 18.9 Å². The van der Waals surface area contributed by atoms with E-state index < -0.39 is 0 Å². The van der Waals surface area contributed by atoms with Crippen molar-refractivity contribution in [2.24, 2.45) is 5.73 Å². The first kappa shape index (κ1) is 15.4. The molecule has 0 aromatic carbocycles. The fourth-order valence-electron chi connectivity index (χ4n) is 2.37. The lowest BCUT2D eigenvalue weighted by Crippen LogP contribution is -2.36. The lowest BCUT2D eigenvalue weighted by atomic mass is 10.2. The van der Waals surface area contributed by atoms with Crippen LogP contribution in [0.2, 0.25) is 0 Å². The predicted molar refractivity (Wildman–Crippen MR) is 87.4 cm³/mol. The van der Waals surface area contributed by atoms with Gasteiger partial charge in [-0.3, -0.25) is 9.78 Å². The monoisotopic (exact) mass is 313 g/mol. The number of morpholine rings is 1. The van der Waals surface area contributed by atoms with E-state index in [1.165, 1.54) is 0 Å². The molecule has 1 aliphatic rings. The van der Waals surface area contributed by atoms with Gasteiger partial charge in [-0.1, -0.05) is 0 Å². The molecule has 7 heteroatoms. The van der Waals surface area contributed by atoms with Crippen LogP contribution < -0.4 is 16.0 Å². The maximum atomic E-state index is 12.2. The molecule has 7 nitrogen and oxygen atoms in total. The molecule has 1 fully saturated rings. The van der Waals surface area contributed by atoms with Gasteiger partial charge in [-0.05, 0) is 24.3 Å². The topological polar surface area (TPSA) is 93.4 Å². The van der Waals surface area contributed by atoms with Crippen LogP contribution in [0, 0.1) is 0 Å². The zero-order chi connectivity index (χ0) is 16.1. The van der Waals surface area contributed by atoms with E-state index in [2.05, 4.69) is 20.2 Å². The minimum absolute atomic E-state index is 0.206. The average molecular weight is 313 g/mol. The SMILES string of the molecule is NCc1cc(C(=O)Nc2ccc(N3CCOCC3)nc2)ccn1. The number of hydrogen-bond donors (Lipinski definition) is 2. The van der Waals surface area contributed by atoms with Crippen LogP contribution in [0.3, 0.4) is 0 Å². The minimum Gasteiger partial charge on any atom is -0.378 e. The van der Waals surface area contributed by atoms with Gasteiger partial charge in [-0.2, -0.15) is 0 Å². The number of aromatic nitrogens is 2. The second kappa shape index (κ2) is 7.17. The first-order valence-corrected chi connectivity index (χ1v) is 7.51. The zero-order valence-electron chi connectivity index (χ0n) is 12.7. The molecule has 0 bridgehead atoms. The van der Waals surface area contributed by atoms with Crippen molar-refractivity contribution in [3.63, 3.8) is 0 Å². The normalized spacial score (nSPS) is 14.6. The summed E-state index contributed by atoms with van der Waals surface area (Å²) in [5.74, 6) is 0.684. The van der Waals surface area contributed by atoms with Crippen LogP contribution in [0.25, 0.3) is 0 Å². The number of amides is 1. The summed E-state index contributed by atoms with van der Waals surface area (Å²) >= 11 is 0. The van der Waals surface area contributed by atoms with Gasteiger partial charge in [0.15, 0.2) is 0 Å². The van der Waals surface area contributed by atoms with Gasteiger partial charge in [0.2, 0.25) is 0 Å². The Hall–Kier alpha value is -2.51. The molecule has 3 N–H and O–H groups in total. The Morgan fingerprint density at radius 1 is 1.26 bits per heavy atom. The van der Waals surface area contributed by atoms with Gasteiger partial charge in [0.1, 0.15) is 5.82 Å². The van der Waals surface area contributed by atoms with Crippen molar-refractivity contribution in [2.45, 2.75) is 6.54 Å². The molecular formula is C16H19N5O2. The minimum atomic E-state index is -0.206. The van der Waals surface area contributed by atoms with Crippen molar-refractivity contribution in [3.05, 3.63) is 47.9 Å². The van der Waals surface area contributed by atoms with Gasteiger partial charge in [0.05, 0.1) is 30.8 Å². The number of carbonyl (C=O) groups is 1. The fraction of sp³-hybridized carbons (Fsp3) is 0.312. The van der Waals surface area contributed by atoms with Crippen LogP contribution in [0.5, 0.6) is 0 Å². The molecule has 0 spiro atoms. The summed E-state index contributed by atoms with van der Waals surface area (Å²) in [6.45, 7) is 3.39. The summed E-state index contributed by atoms with van der Waals surface area (Å²) in [6, 6.07) is 7.09. The maximum Gasteiger partial charge on any atom is 0.255 e. The molecule has 120 valence electrons. The summed E-state index contributed by atoms with van der Waals surface area (Å²) < 4.78 is 5.32. The molecule has 0 unspecified atom stereocenters. The molecule has 0 saturated carbocycles. The van der Waals surface area contributed by atoms with E-state index in [1.54, 1.807) is 24.5 Å². The molecule has 0 radical (unpaired) electrons. The summed E-state index contributed by atoms with van der Waals surface area (Å²) in [5.41, 5.74) is 7.40. The number of pyridine rings is 2. The van der Waals surface area contributed by atoms with Crippen molar-refractivity contribution in [2.75, 3.05) is 36.5 Å². The Morgan fingerprint density at radius 3 is 2.78 bits per heavy atom. The number of nitrogens with one attached hydrogen (secondary N) is 1. The van der Waals surface area contributed by atoms with E-state index in [9.17, 15) is 4.79 Å². The largest absolute Gasteiger partial charge is 0.378 e. The van der Waals surface area contributed by atoms with Crippen molar-refractivity contribution in [1.29, 1.82) is 0 Å². The third kappa shape index (κ3) is 3.82. The number of nitrogens with zero attached hydrogens (tertiary/aromatic N) is 3. The molecule has 1 amide bonds. The van der Waals surface area contributed by atoms with Crippen molar-refractivity contribution < 1.29 is 9.53 Å². The van der Waals surface area contributed by atoms with Gasteiger partial charge in [0, 0.05) is 31.4 Å². The van der Waals surface area contributed by atoms with Crippen LogP contribution in [-0.2, 0) is 11.3 Å². The summed E-state index contributed by atoms with van der Waals surface area (Å²) in [6.07, 6.45) is 3.24. The van der Waals surface area contributed by atoms with E-state index in [-0.39, 0.29) is 5.91 Å². The number of hydrogen-bond acceptors (Lipinski definition) is 6. The Balaban J connectivity index is 1.66. The van der Waals surface area contributed by atoms with Gasteiger partial charge < -0.3 is 20.7 Å². The quantitative estimate of drug-likeness (QED) is 0.875. The highest BCUT2D eigenvalue weighted by Gasteiger charge is 2.13. The standard InChI is InChI=1S/C16H19N5O2/c17-10-14-9-12(3-4-18-14)16(22)20-13-1-2-15(19-11-13)21-5-7-23-8-6-21/h1-4,9,11H,5-8,10,17H2,(H,20,22). The number of carbonyl (C=O) groups excluding carboxylic acids is 1. The third-order valence-corrected chi connectivity index (χ3v) is 3.63.